The van der Waals surface area contributed by atoms with Crippen LogP contribution in [0.25, 0.3) is 21.5 Å². The van der Waals surface area contributed by atoms with Crippen molar-refractivity contribution < 1.29 is 0 Å². The van der Waals surface area contributed by atoms with E-state index in [9.17, 15) is 0 Å². The molecule has 0 nitrogen and oxygen atoms in total. The van der Waals surface area contributed by atoms with Gasteiger partial charge in [-0.1, -0.05) is 42.0 Å². The topological polar surface area (TPSA) is 0 Å². The average molecular weight is 206 g/mol. The molecule has 0 aliphatic heterocycles. The maximum atomic E-state index is 2.30. The normalized spacial score (nSPS) is 11.1. The first-order valence-corrected chi connectivity index (χ1v) is 5.64. The molecule has 0 atom stereocenters. The van der Waals surface area contributed by atoms with Crippen LogP contribution in [-0.2, 0) is 0 Å². The van der Waals surface area contributed by atoms with Gasteiger partial charge in [-0.2, -0.15) is 0 Å². The molecule has 0 heterocycles. The Labute approximate surface area is 95.5 Å². The molecule has 0 N–H and O–H groups in total. The third-order valence-electron chi connectivity index (χ3n) is 3.21. The maximum Gasteiger partial charge on any atom is -0.0148 e. The van der Waals surface area contributed by atoms with Crippen molar-refractivity contribution in [3.05, 3.63) is 59.7 Å². The summed E-state index contributed by atoms with van der Waals surface area (Å²) in [7, 11) is 0. The van der Waals surface area contributed by atoms with Gasteiger partial charge in [0.2, 0.25) is 0 Å². The molecule has 0 aromatic heterocycles. The molecule has 0 aliphatic carbocycles. The molecule has 0 heteroatoms. The Morgan fingerprint density at radius 3 is 2.44 bits per heavy atom. The summed E-state index contributed by atoms with van der Waals surface area (Å²) in [5, 5.41) is 5.35. The van der Waals surface area contributed by atoms with Crippen molar-refractivity contribution in [2.45, 2.75) is 13.8 Å². The zero-order valence-electron chi connectivity index (χ0n) is 9.62. The molecule has 3 aromatic rings. The van der Waals surface area contributed by atoms with Gasteiger partial charge in [-0.15, -0.1) is 0 Å². The Morgan fingerprint density at radius 2 is 1.56 bits per heavy atom. The molecule has 0 radical (unpaired) electrons. The zero-order valence-corrected chi connectivity index (χ0v) is 9.62. The maximum absolute atomic E-state index is 2.30. The highest BCUT2D eigenvalue weighted by Gasteiger charge is 2.00. The molecular weight excluding hydrogens is 192 g/mol. The molecule has 3 aromatic carbocycles. The lowest BCUT2D eigenvalue weighted by Gasteiger charge is -2.05. The van der Waals surface area contributed by atoms with E-state index in [4.69, 9.17) is 0 Å². The summed E-state index contributed by atoms with van der Waals surface area (Å²) in [4.78, 5) is 0. The van der Waals surface area contributed by atoms with Crippen molar-refractivity contribution in [3.8, 4) is 0 Å². The van der Waals surface area contributed by atoms with Crippen LogP contribution in [0.15, 0.2) is 48.5 Å². The summed E-state index contributed by atoms with van der Waals surface area (Å²) < 4.78 is 0. The Kier molecular flexibility index (Phi) is 1.97. The van der Waals surface area contributed by atoms with E-state index in [2.05, 4.69) is 62.4 Å². The summed E-state index contributed by atoms with van der Waals surface area (Å²) in [6, 6.07) is 17.7. The molecule has 0 aliphatic rings. The average Bonchev–Trinajstić information content (AvgIpc) is 2.28. The van der Waals surface area contributed by atoms with Crippen LogP contribution in [0, 0.1) is 13.8 Å². The van der Waals surface area contributed by atoms with Crippen molar-refractivity contribution in [1.82, 2.24) is 0 Å². The van der Waals surface area contributed by atoms with Gasteiger partial charge in [0.1, 0.15) is 0 Å². The molecule has 0 fully saturated rings. The molecule has 78 valence electrons. The minimum atomic E-state index is 1.32. The molecule has 0 bridgehead atoms. The second-order valence-corrected chi connectivity index (χ2v) is 4.50. The van der Waals surface area contributed by atoms with Gasteiger partial charge >= 0.3 is 0 Å². The Hall–Kier alpha value is -1.82. The lowest BCUT2D eigenvalue weighted by molar-refractivity contribution is 1.50. The Bertz CT molecular complexity index is 678. The van der Waals surface area contributed by atoms with E-state index < -0.39 is 0 Å². The van der Waals surface area contributed by atoms with Crippen molar-refractivity contribution in [2.75, 3.05) is 0 Å². The van der Waals surface area contributed by atoms with Crippen LogP contribution < -0.4 is 0 Å². The molecule has 3 rings (SSSR count). The predicted octanol–water partition coefficient (Wildman–Crippen LogP) is 4.61. The smallest absolute Gasteiger partial charge is 0.0148 e. The number of hydrogen-bond acceptors (Lipinski definition) is 0. The summed E-state index contributed by atoms with van der Waals surface area (Å²) in [5.41, 5.74) is 2.67. The van der Waals surface area contributed by atoms with Gasteiger partial charge in [0.05, 0.1) is 0 Å². The van der Waals surface area contributed by atoms with Gasteiger partial charge in [0, 0.05) is 0 Å². The fourth-order valence-electron chi connectivity index (χ4n) is 2.30. The van der Waals surface area contributed by atoms with Gasteiger partial charge in [-0.3, -0.25) is 0 Å². The second kappa shape index (κ2) is 3.34. The highest BCUT2D eigenvalue weighted by Crippen LogP contribution is 2.25. The lowest BCUT2D eigenvalue weighted by Crippen LogP contribution is -1.80. The first kappa shape index (κ1) is 9.41. The number of rotatable bonds is 0. The van der Waals surface area contributed by atoms with Crippen LogP contribution in [-0.4, -0.2) is 0 Å². The fraction of sp³-hybridized carbons (Fsp3) is 0.125. The quantitative estimate of drug-likeness (QED) is 0.471. The van der Waals surface area contributed by atoms with Crippen LogP contribution in [0.5, 0.6) is 0 Å². The number of fused-ring (bicyclic) bond motifs is 2. The van der Waals surface area contributed by atoms with E-state index in [0.717, 1.165) is 0 Å². The van der Waals surface area contributed by atoms with Crippen LogP contribution >= 0.6 is 0 Å². The molecule has 0 unspecified atom stereocenters. The van der Waals surface area contributed by atoms with E-state index >= 15 is 0 Å². The Morgan fingerprint density at radius 1 is 0.688 bits per heavy atom. The van der Waals surface area contributed by atoms with Gasteiger partial charge in [0.15, 0.2) is 0 Å². The first-order valence-electron chi connectivity index (χ1n) is 5.64. The molecule has 0 spiro atoms. The Balaban J connectivity index is 2.49. The summed E-state index contributed by atoms with van der Waals surface area (Å²) in [6.45, 7) is 4.31. The molecule has 0 amide bonds. The van der Waals surface area contributed by atoms with Gasteiger partial charge < -0.3 is 0 Å². The summed E-state index contributed by atoms with van der Waals surface area (Å²) in [5.74, 6) is 0. The van der Waals surface area contributed by atoms with Crippen LogP contribution in [0.4, 0.5) is 0 Å². The molecule has 0 saturated heterocycles. The number of aryl methyl sites for hydroxylation is 2. The molecular formula is C16H14. The lowest BCUT2D eigenvalue weighted by atomic mass is 9.99. The predicted molar refractivity (Wildman–Crippen MR) is 70.9 cm³/mol. The second-order valence-electron chi connectivity index (χ2n) is 4.50. The van der Waals surface area contributed by atoms with E-state index in [1.807, 2.05) is 0 Å². The minimum Gasteiger partial charge on any atom is -0.0614 e. The van der Waals surface area contributed by atoms with E-state index in [0.29, 0.717) is 0 Å². The largest absolute Gasteiger partial charge is 0.0614 e. The van der Waals surface area contributed by atoms with Crippen molar-refractivity contribution >= 4 is 21.5 Å². The van der Waals surface area contributed by atoms with Crippen LogP contribution in [0.1, 0.15) is 11.1 Å². The third-order valence-corrected chi connectivity index (χ3v) is 3.21. The third kappa shape index (κ3) is 1.38. The first-order chi connectivity index (χ1) is 7.74. The number of benzene rings is 3. The van der Waals surface area contributed by atoms with Crippen molar-refractivity contribution in [3.63, 3.8) is 0 Å². The highest BCUT2D eigenvalue weighted by atomic mass is 14.0. The summed E-state index contributed by atoms with van der Waals surface area (Å²) in [6.07, 6.45) is 0. The van der Waals surface area contributed by atoms with Crippen LogP contribution in [0.2, 0.25) is 0 Å². The van der Waals surface area contributed by atoms with Crippen LogP contribution in [0.3, 0.4) is 0 Å². The van der Waals surface area contributed by atoms with E-state index in [-0.39, 0.29) is 0 Å². The fourth-order valence-corrected chi connectivity index (χ4v) is 2.30. The zero-order chi connectivity index (χ0) is 11.1. The van der Waals surface area contributed by atoms with E-state index in [1.165, 1.54) is 32.7 Å². The van der Waals surface area contributed by atoms with Crippen molar-refractivity contribution in [2.24, 2.45) is 0 Å². The number of hydrogen-bond donors (Lipinski definition) is 0. The molecule has 16 heavy (non-hydrogen) atoms. The van der Waals surface area contributed by atoms with Gasteiger partial charge in [0.25, 0.3) is 0 Å². The van der Waals surface area contributed by atoms with Crippen molar-refractivity contribution in [1.29, 1.82) is 0 Å². The highest BCUT2D eigenvalue weighted by molar-refractivity contribution is 5.99. The molecule has 0 saturated carbocycles. The van der Waals surface area contributed by atoms with E-state index in [1.54, 1.807) is 0 Å². The minimum absolute atomic E-state index is 1.32. The standard InChI is InChI=1S/C16H14/c1-11-6-7-13-9-14-5-3-4-12(2)16(14)10-15(13)8-11/h3-10H,1-2H3. The van der Waals surface area contributed by atoms with Gasteiger partial charge in [-0.05, 0) is 53.1 Å². The summed E-state index contributed by atoms with van der Waals surface area (Å²) >= 11 is 0. The monoisotopic (exact) mass is 206 g/mol. The van der Waals surface area contributed by atoms with Gasteiger partial charge in [-0.25, -0.2) is 0 Å². The SMILES string of the molecule is Cc1ccc2cc3cccc(C)c3cc2c1.